The zero-order valence-corrected chi connectivity index (χ0v) is 13.2. The normalized spacial score (nSPS) is 41.5. The summed E-state index contributed by atoms with van der Waals surface area (Å²) in [7, 11) is 0. The molecule has 4 atom stereocenters. The van der Waals surface area contributed by atoms with Crippen LogP contribution in [0.2, 0.25) is 0 Å². The van der Waals surface area contributed by atoms with Crippen LogP contribution in [0.25, 0.3) is 0 Å². The second-order valence-corrected chi connectivity index (χ2v) is 7.54. The molecule has 0 unspecified atom stereocenters. The predicted octanol–water partition coefficient (Wildman–Crippen LogP) is 2.62. The molecule has 2 bridgehead atoms. The molecule has 1 amide bonds. The molecule has 23 heavy (non-hydrogen) atoms. The van der Waals surface area contributed by atoms with Crippen LogP contribution in [-0.4, -0.2) is 29.0 Å². The number of carbonyl (C=O) groups excluding carboxylic acids is 2. The van der Waals surface area contributed by atoms with E-state index in [0.717, 1.165) is 37.8 Å². The lowest BCUT2D eigenvalue weighted by Crippen LogP contribution is -2.79. The fourth-order valence-corrected chi connectivity index (χ4v) is 5.73. The Morgan fingerprint density at radius 2 is 1.74 bits per heavy atom. The van der Waals surface area contributed by atoms with Gasteiger partial charge in [0.15, 0.2) is 11.1 Å². The van der Waals surface area contributed by atoms with Crippen molar-refractivity contribution in [3.8, 4) is 0 Å². The standard InChI is InChI=1S/C19H21NO3/c21-16-18(13-6-2-1-3-7-13)12-15-9-4-8-14-10-5-11-20(16)19(14,15)23-17(18)22/h1-3,6-7,14-15H,4-5,8-12H2/t14-,15-,18-,19-/m1/s1. The van der Waals surface area contributed by atoms with E-state index in [1.165, 1.54) is 6.42 Å². The number of hydrogen-bond acceptors (Lipinski definition) is 3. The molecule has 1 spiro atoms. The van der Waals surface area contributed by atoms with Gasteiger partial charge in [-0.1, -0.05) is 36.8 Å². The van der Waals surface area contributed by atoms with Gasteiger partial charge in [0.2, 0.25) is 5.91 Å². The number of ether oxygens (including phenoxy) is 1. The van der Waals surface area contributed by atoms with Crippen LogP contribution in [0.5, 0.6) is 0 Å². The molecule has 0 aromatic heterocycles. The molecule has 5 fully saturated rings. The van der Waals surface area contributed by atoms with E-state index < -0.39 is 11.1 Å². The van der Waals surface area contributed by atoms with E-state index in [9.17, 15) is 9.59 Å². The van der Waals surface area contributed by atoms with Gasteiger partial charge < -0.3 is 9.64 Å². The largest absolute Gasteiger partial charge is 0.437 e. The molecule has 1 aliphatic carbocycles. The zero-order valence-electron chi connectivity index (χ0n) is 13.2. The zero-order chi connectivity index (χ0) is 15.7. The summed E-state index contributed by atoms with van der Waals surface area (Å²) in [5.74, 6) is 0.298. The molecule has 1 aromatic carbocycles. The molecule has 1 saturated carbocycles. The number of nitrogens with zero attached hydrogens (tertiary/aromatic N) is 1. The molecule has 4 nitrogen and oxygen atoms in total. The molecular weight excluding hydrogens is 290 g/mol. The number of fused-ring (bicyclic) bond motifs is 1. The van der Waals surface area contributed by atoms with Crippen LogP contribution in [0, 0.1) is 11.8 Å². The van der Waals surface area contributed by atoms with Gasteiger partial charge in [-0.3, -0.25) is 9.59 Å². The monoisotopic (exact) mass is 311 g/mol. The van der Waals surface area contributed by atoms with Crippen molar-refractivity contribution in [1.29, 1.82) is 0 Å². The predicted molar refractivity (Wildman–Crippen MR) is 83.3 cm³/mol. The minimum atomic E-state index is -1.10. The van der Waals surface area contributed by atoms with Crippen LogP contribution in [-0.2, 0) is 19.7 Å². The number of esters is 1. The van der Waals surface area contributed by atoms with Gasteiger partial charge in [-0.2, -0.15) is 0 Å². The summed E-state index contributed by atoms with van der Waals surface area (Å²) >= 11 is 0. The molecule has 6 rings (SSSR count). The van der Waals surface area contributed by atoms with E-state index in [4.69, 9.17) is 4.74 Å². The number of amides is 1. The molecule has 0 N–H and O–H groups in total. The highest BCUT2D eigenvalue weighted by atomic mass is 16.6. The van der Waals surface area contributed by atoms with Gasteiger partial charge in [-0.05, 0) is 37.7 Å². The number of rotatable bonds is 1. The molecule has 0 radical (unpaired) electrons. The first-order valence-corrected chi connectivity index (χ1v) is 8.80. The summed E-state index contributed by atoms with van der Waals surface area (Å²) in [6, 6.07) is 9.54. The SMILES string of the molecule is O=C1O[C@]23[C@@H]4CCC[C@@H]2C[C@@]1(c1ccccc1)C(=O)N3CCC4. The van der Waals surface area contributed by atoms with Crippen molar-refractivity contribution in [2.45, 2.75) is 49.7 Å². The lowest BCUT2D eigenvalue weighted by atomic mass is 9.56. The van der Waals surface area contributed by atoms with Crippen molar-refractivity contribution >= 4 is 11.9 Å². The first-order valence-electron chi connectivity index (χ1n) is 8.80. The van der Waals surface area contributed by atoms with E-state index in [1.807, 2.05) is 35.2 Å². The topological polar surface area (TPSA) is 46.6 Å². The summed E-state index contributed by atoms with van der Waals surface area (Å²) < 4.78 is 6.14. The van der Waals surface area contributed by atoms with Crippen LogP contribution < -0.4 is 0 Å². The third-order valence-corrected chi connectivity index (χ3v) is 6.67. The molecule has 4 aliphatic heterocycles. The first kappa shape index (κ1) is 13.6. The third-order valence-electron chi connectivity index (χ3n) is 6.67. The summed E-state index contributed by atoms with van der Waals surface area (Å²) in [5.41, 5.74) is -0.926. The Labute approximate surface area is 135 Å². The van der Waals surface area contributed by atoms with Gasteiger partial charge in [0.1, 0.15) is 0 Å². The van der Waals surface area contributed by atoms with Crippen LogP contribution in [0.4, 0.5) is 0 Å². The number of carbonyl (C=O) groups is 2. The number of benzene rings is 1. The number of piperidine rings is 2. The van der Waals surface area contributed by atoms with Gasteiger partial charge >= 0.3 is 5.97 Å². The Morgan fingerprint density at radius 1 is 1.00 bits per heavy atom. The Balaban J connectivity index is 1.71. The highest BCUT2D eigenvalue weighted by Crippen LogP contribution is 2.60. The van der Waals surface area contributed by atoms with Crippen molar-refractivity contribution in [2.24, 2.45) is 11.8 Å². The third kappa shape index (κ3) is 1.43. The van der Waals surface area contributed by atoms with Gasteiger partial charge in [0.05, 0.1) is 0 Å². The molecule has 4 saturated heterocycles. The van der Waals surface area contributed by atoms with Crippen molar-refractivity contribution in [2.75, 3.05) is 6.54 Å². The molecule has 120 valence electrons. The minimum Gasteiger partial charge on any atom is -0.437 e. The molecular formula is C19H21NO3. The van der Waals surface area contributed by atoms with Crippen LogP contribution in [0.3, 0.4) is 0 Å². The van der Waals surface area contributed by atoms with Crippen molar-refractivity contribution in [3.05, 3.63) is 35.9 Å². The van der Waals surface area contributed by atoms with Crippen molar-refractivity contribution < 1.29 is 14.3 Å². The van der Waals surface area contributed by atoms with Crippen LogP contribution in [0.15, 0.2) is 30.3 Å². The molecule has 1 aromatic rings. The maximum atomic E-state index is 13.4. The highest BCUT2D eigenvalue weighted by molar-refractivity contribution is 6.11. The quantitative estimate of drug-likeness (QED) is 0.591. The van der Waals surface area contributed by atoms with Crippen molar-refractivity contribution in [1.82, 2.24) is 4.90 Å². The van der Waals surface area contributed by atoms with E-state index in [1.54, 1.807) is 0 Å². The highest BCUT2D eigenvalue weighted by Gasteiger charge is 2.73. The Hall–Kier alpha value is -1.84. The van der Waals surface area contributed by atoms with Crippen LogP contribution >= 0.6 is 0 Å². The lowest BCUT2D eigenvalue weighted by molar-refractivity contribution is -0.285. The van der Waals surface area contributed by atoms with E-state index in [0.29, 0.717) is 12.3 Å². The Kier molecular flexibility index (Phi) is 2.58. The molecule has 5 aliphatic rings. The summed E-state index contributed by atoms with van der Waals surface area (Å²) in [6.07, 6.45) is 6.04. The Bertz CT molecular complexity index is 685. The second-order valence-electron chi connectivity index (χ2n) is 7.54. The van der Waals surface area contributed by atoms with Gasteiger partial charge in [0.25, 0.3) is 0 Å². The lowest BCUT2D eigenvalue weighted by Gasteiger charge is -2.66. The van der Waals surface area contributed by atoms with Crippen LogP contribution in [0.1, 0.15) is 44.1 Å². The average Bonchev–Trinajstić information content (AvgIpc) is 2.58. The summed E-state index contributed by atoms with van der Waals surface area (Å²) in [6.45, 7) is 0.730. The van der Waals surface area contributed by atoms with Crippen molar-refractivity contribution in [3.63, 3.8) is 0 Å². The van der Waals surface area contributed by atoms with Gasteiger partial charge in [-0.25, -0.2) is 0 Å². The van der Waals surface area contributed by atoms with E-state index in [-0.39, 0.29) is 17.8 Å². The number of hydrogen-bond donors (Lipinski definition) is 0. The summed E-state index contributed by atoms with van der Waals surface area (Å²) in [5, 5.41) is 0. The second kappa shape index (κ2) is 4.37. The molecule has 4 heteroatoms. The maximum absolute atomic E-state index is 13.4. The van der Waals surface area contributed by atoms with Gasteiger partial charge in [0, 0.05) is 18.4 Å². The Morgan fingerprint density at radius 3 is 2.57 bits per heavy atom. The fraction of sp³-hybridized carbons (Fsp3) is 0.579. The van der Waals surface area contributed by atoms with E-state index in [2.05, 4.69) is 0 Å². The van der Waals surface area contributed by atoms with Gasteiger partial charge in [-0.15, -0.1) is 0 Å². The molecule has 4 heterocycles. The fourth-order valence-electron chi connectivity index (χ4n) is 5.73. The first-order chi connectivity index (χ1) is 11.2. The smallest absolute Gasteiger partial charge is 0.328 e. The minimum absolute atomic E-state index is 0.0113. The van der Waals surface area contributed by atoms with E-state index >= 15 is 0 Å². The average molecular weight is 311 g/mol. The summed E-state index contributed by atoms with van der Waals surface area (Å²) in [4.78, 5) is 28.4. The maximum Gasteiger partial charge on any atom is 0.328 e.